The highest BCUT2D eigenvalue weighted by atomic mass is 35.5. The van der Waals surface area contributed by atoms with Crippen LogP contribution in [0, 0.1) is 0 Å². The van der Waals surface area contributed by atoms with Crippen LogP contribution in [-0.4, -0.2) is 62.0 Å². The third kappa shape index (κ3) is 5.14. The molecule has 0 radical (unpaired) electrons. The van der Waals surface area contributed by atoms with Gasteiger partial charge in [0.05, 0.1) is 30.5 Å². The van der Waals surface area contributed by atoms with Gasteiger partial charge in [-0.25, -0.2) is 9.78 Å². The molecule has 7 nitrogen and oxygen atoms in total. The average Bonchev–Trinajstić information content (AvgIpc) is 2.82. The van der Waals surface area contributed by atoms with Crippen molar-refractivity contribution in [3.8, 4) is 22.8 Å². The number of carbonyl (C=O) groups is 1. The van der Waals surface area contributed by atoms with Crippen LogP contribution in [0.5, 0.6) is 11.5 Å². The van der Waals surface area contributed by atoms with E-state index in [1.165, 1.54) is 0 Å². The largest absolute Gasteiger partial charge is 0.493 e. The van der Waals surface area contributed by atoms with Crippen molar-refractivity contribution in [3.05, 3.63) is 47.5 Å². The second kappa shape index (κ2) is 9.58. The van der Waals surface area contributed by atoms with E-state index in [1.54, 1.807) is 19.1 Å². The summed E-state index contributed by atoms with van der Waals surface area (Å²) in [6.07, 6.45) is -0.254. The van der Waals surface area contributed by atoms with Crippen molar-refractivity contribution in [1.29, 1.82) is 0 Å². The minimum Gasteiger partial charge on any atom is -0.493 e. The molecular weight excluding hydrogens is 454 g/mol. The molecule has 34 heavy (non-hydrogen) atoms. The Bertz CT molecular complexity index is 1180. The summed E-state index contributed by atoms with van der Waals surface area (Å²) >= 11 is 6.58. The van der Waals surface area contributed by atoms with E-state index in [1.807, 2.05) is 51.1 Å². The highest BCUT2D eigenvalue weighted by molar-refractivity contribution is 6.35. The lowest BCUT2D eigenvalue weighted by Crippen LogP contribution is -2.50. The quantitative estimate of drug-likeness (QED) is 0.479. The molecule has 0 saturated carbocycles. The van der Waals surface area contributed by atoms with E-state index >= 15 is 0 Å². The van der Waals surface area contributed by atoms with Crippen molar-refractivity contribution in [3.63, 3.8) is 0 Å². The van der Waals surface area contributed by atoms with E-state index in [4.69, 9.17) is 30.8 Å². The Kier molecular flexibility index (Phi) is 6.75. The normalized spacial score (nSPS) is 14.3. The number of ether oxygens (including phenoxy) is 3. The van der Waals surface area contributed by atoms with Gasteiger partial charge in [-0.15, -0.1) is 0 Å². The monoisotopic (exact) mass is 483 g/mol. The molecule has 8 heteroatoms. The van der Waals surface area contributed by atoms with Crippen LogP contribution in [0.4, 0.5) is 10.5 Å². The predicted molar refractivity (Wildman–Crippen MR) is 135 cm³/mol. The SMILES string of the molecule is COc1cc2nc(-c3ccc(N4CCN(C(=O)OC(C)(C)C)CC4)cc3)cc(Cl)c2cc1OC. The lowest BCUT2D eigenvalue weighted by Gasteiger charge is -2.36. The van der Waals surface area contributed by atoms with Gasteiger partial charge in [-0.2, -0.15) is 0 Å². The first-order chi connectivity index (χ1) is 16.2. The number of rotatable bonds is 4. The molecule has 1 aliphatic heterocycles. The van der Waals surface area contributed by atoms with Gasteiger partial charge < -0.3 is 24.0 Å². The van der Waals surface area contributed by atoms with Crippen molar-refractivity contribution in [2.75, 3.05) is 45.3 Å². The van der Waals surface area contributed by atoms with E-state index in [0.717, 1.165) is 40.9 Å². The fourth-order valence-corrected chi connectivity index (χ4v) is 4.23. The van der Waals surface area contributed by atoms with Crippen molar-refractivity contribution in [2.24, 2.45) is 0 Å². The number of piperazine rings is 1. The zero-order valence-corrected chi connectivity index (χ0v) is 21.0. The first-order valence-electron chi connectivity index (χ1n) is 11.2. The van der Waals surface area contributed by atoms with Gasteiger partial charge in [-0.3, -0.25) is 0 Å². The molecule has 4 rings (SSSR count). The summed E-state index contributed by atoms with van der Waals surface area (Å²) in [6.45, 7) is 8.41. The van der Waals surface area contributed by atoms with Crippen LogP contribution in [0.25, 0.3) is 22.2 Å². The van der Waals surface area contributed by atoms with Crippen LogP contribution >= 0.6 is 11.6 Å². The summed E-state index contributed by atoms with van der Waals surface area (Å²) < 4.78 is 16.3. The maximum absolute atomic E-state index is 12.3. The Morgan fingerprint density at radius 3 is 2.15 bits per heavy atom. The fraction of sp³-hybridized carbons (Fsp3) is 0.385. The van der Waals surface area contributed by atoms with Crippen LogP contribution in [0.15, 0.2) is 42.5 Å². The molecule has 1 aliphatic rings. The Labute approximate surface area is 205 Å². The Morgan fingerprint density at radius 2 is 1.56 bits per heavy atom. The minimum atomic E-state index is -0.485. The number of nitrogens with zero attached hydrogens (tertiary/aromatic N) is 3. The zero-order chi connectivity index (χ0) is 24.5. The third-order valence-corrected chi connectivity index (χ3v) is 6.04. The number of methoxy groups -OCH3 is 2. The van der Waals surface area contributed by atoms with Gasteiger partial charge in [0.2, 0.25) is 0 Å². The van der Waals surface area contributed by atoms with E-state index in [0.29, 0.717) is 29.6 Å². The lowest BCUT2D eigenvalue weighted by molar-refractivity contribution is 0.0240. The number of benzene rings is 2. The molecule has 1 fully saturated rings. The number of fused-ring (bicyclic) bond motifs is 1. The molecule has 1 amide bonds. The maximum atomic E-state index is 12.3. The molecule has 0 N–H and O–H groups in total. The van der Waals surface area contributed by atoms with Gasteiger partial charge in [-0.05, 0) is 45.0 Å². The molecule has 1 saturated heterocycles. The van der Waals surface area contributed by atoms with Crippen molar-refractivity contribution in [2.45, 2.75) is 26.4 Å². The number of pyridine rings is 1. The van der Waals surface area contributed by atoms with Crippen LogP contribution in [0.2, 0.25) is 5.02 Å². The smallest absolute Gasteiger partial charge is 0.410 e. The van der Waals surface area contributed by atoms with Crippen molar-refractivity contribution >= 4 is 34.3 Å². The zero-order valence-electron chi connectivity index (χ0n) is 20.2. The molecule has 0 unspecified atom stereocenters. The highest BCUT2D eigenvalue weighted by Crippen LogP contribution is 2.36. The van der Waals surface area contributed by atoms with Crippen molar-refractivity contribution in [1.82, 2.24) is 9.88 Å². The predicted octanol–water partition coefficient (Wildman–Crippen LogP) is 5.63. The second-order valence-corrected chi connectivity index (χ2v) is 9.62. The first-order valence-corrected chi connectivity index (χ1v) is 11.6. The molecule has 2 heterocycles. The summed E-state index contributed by atoms with van der Waals surface area (Å²) in [5.74, 6) is 1.22. The molecule has 0 aliphatic carbocycles. The van der Waals surface area contributed by atoms with Gasteiger partial charge in [-0.1, -0.05) is 23.7 Å². The summed E-state index contributed by atoms with van der Waals surface area (Å²) in [5, 5.41) is 1.41. The summed E-state index contributed by atoms with van der Waals surface area (Å²) in [6, 6.07) is 13.8. The van der Waals surface area contributed by atoms with Crippen LogP contribution in [-0.2, 0) is 4.74 Å². The molecular formula is C26H30ClN3O4. The molecule has 3 aromatic rings. The Morgan fingerprint density at radius 1 is 0.941 bits per heavy atom. The number of anilines is 1. The van der Waals surface area contributed by atoms with E-state index in [9.17, 15) is 4.79 Å². The summed E-state index contributed by atoms with van der Waals surface area (Å²) in [7, 11) is 3.19. The topological polar surface area (TPSA) is 64.1 Å². The summed E-state index contributed by atoms with van der Waals surface area (Å²) in [4.78, 5) is 21.1. The maximum Gasteiger partial charge on any atom is 0.410 e. The number of halogens is 1. The summed E-state index contributed by atoms with van der Waals surface area (Å²) in [5.41, 5.74) is 3.11. The van der Waals surface area contributed by atoms with E-state index in [-0.39, 0.29) is 6.09 Å². The van der Waals surface area contributed by atoms with Gasteiger partial charge in [0.1, 0.15) is 5.60 Å². The van der Waals surface area contributed by atoms with E-state index in [2.05, 4.69) is 17.0 Å². The number of hydrogen-bond donors (Lipinski definition) is 0. The minimum absolute atomic E-state index is 0.254. The fourth-order valence-electron chi connectivity index (χ4n) is 3.98. The molecule has 1 aromatic heterocycles. The van der Waals surface area contributed by atoms with Crippen LogP contribution in [0.3, 0.4) is 0 Å². The van der Waals surface area contributed by atoms with Gasteiger partial charge in [0, 0.05) is 48.9 Å². The number of hydrogen-bond acceptors (Lipinski definition) is 6. The van der Waals surface area contributed by atoms with Crippen molar-refractivity contribution < 1.29 is 19.0 Å². The van der Waals surface area contributed by atoms with Crippen LogP contribution in [0.1, 0.15) is 20.8 Å². The average molecular weight is 484 g/mol. The van der Waals surface area contributed by atoms with Gasteiger partial charge in [0.25, 0.3) is 0 Å². The molecule has 2 aromatic carbocycles. The Balaban J connectivity index is 1.49. The van der Waals surface area contributed by atoms with Gasteiger partial charge in [0.15, 0.2) is 11.5 Å². The van der Waals surface area contributed by atoms with E-state index < -0.39 is 5.60 Å². The van der Waals surface area contributed by atoms with Crippen LogP contribution < -0.4 is 14.4 Å². The second-order valence-electron chi connectivity index (χ2n) is 9.21. The Hall–Kier alpha value is -3.19. The molecule has 0 bridgehead atoms. The van der Waals surface area contributed by atoms with Gasteiger partial charge >= 0.3 is 6.09 Å². The number of amides is 1. The number of aromatic nitrogens is 1. The highest BCUT2D eigenvalue weighted by Gasteiger charge is 2.26. The number of carbonyl (C=O) groups excluding carboxylic acids is 1. The first kappa shape index (κ1) is 24.0. The third-order valence-electron chi connectivity index (χ3n) is 5.72. The molecule has 180 valence electrons. The lowest BCUT2D eigenvalue weighted by atomic mass is 10.1. The molecule has 0 atom stereocenters. The molecule has 0 spiro atoms. The standard InChI is InChI=1S/C26H30ClN3O4/c1-26(2,3)34-25(31)30-12-10-29(11-13-30)18-8-6-17(7-9-18)21-15-20(27)19-14-23(32-4)24(33-5)16-22(19)28-21/h6-9,14-16H,10-13H2,1-5H3.